The van der Waals surface area contributed by atoms with Crippen LogP contribution in [0.25, 0.3) is 0 Å². The summed E-state index contributed by atoms with van der Waals surface area (Å²) in [5, 5.41) is 5.63. The zero-order chi connectivity index (χ0) is 17.9. The van der Waals surface area contributed by atoms with E-state index in [1.807, 2.05) is 26.0 Å². The molecule has 0 atom stereocenters. The number of aryl methyl sites for hydroxylation is 3. The Morgan fingerprint density at radius 3 is 2.21 bits per heavy atom. The minimum absolute atomic E-state index is 0.387. The van der Waals surface area contributed by atoms with E-state index in [1.54, 1.807) is 25.1 Å². The Balaban J connectivity index is 2.13. The van der Waals surface area contributed by atoms with E-state index in [4.69, 9.17) is 16.3 Å². The molecule has 0 radical (unpaired) electrons. The lowest BCUT2D eigenvalue weighted by molar-refractivity contribution is -0.133. The van der Waals surface area contributed by atoms with E-state index in [2.05, 4.69) is 10.6 Å². The molecule has 126 valence electrons. The summed E-state index contributed by atoms with van der Waals surface area (Å²) in [7, 11) is 1.46. The highest BCUT2D eigenvalue weighted by Crippen LogP contribution is 2.30. The van der Waals surface area contributed by atoms with Crippen molar-refractivity contribution in [3.8, 4) is 5.75 Å². The van der Waals surface area contributed by atoms with Crippen LogP contribution in [0, 0.1) is 20.8 Å². The molecule has 0 aromatic heterocycles. The predicted octanol–water partition coefficient (Wildman–Crippen LogP) is 3.85. The van der Waals surface area contributed by atoms with Gasteiger partial charge in [0.15, 0.2) is 0 Å². The molecule has 0 spiro atoms. The van der Waals surface area contributed by atoms with Gasteiger partial charge in [0.05, 0.1) is 12.8 Å². The van der Waals surface area contributed by atoms with E-state index in [1.165, 1.54) is 7.11 Å². The van der Waals surface area contributed by atoms with Gasteiger partial charge < -0.3 is 15.4 Å². The minimum Gasteiger partial charge on any atom is -0.495 e. The van der Waals surface area contributed by atoms with Crippen LogP contribution in [0.15, 0.2) is 30.3 Å². The summed E-state index contributed by atoms with van der Waals surface area (Å²) in [6.07, 6.45) is 0. The summed E-state index contributed by atoms with van der Waals surface area (Å²) in [6.45, 7) is 5.71. The number of nitrogens with one attached hydrogen (secondary N) is 2. The number of halogens is 1. The quantitative estimate of drug-likeness (QED) is 0.829. The molecule has 0 bridgehead atoms. The molecule has 2 amide bonds. The number of rotatable bonds is 3. The number of anilines is 2. The second-order valence-electron chi connectivity index (χ2n) is 5.51. The van der Waals surface area contributed by atoms with E-state index < -0.39 is 11.8 Å². The van der Waals surface area contributed by atoms with Gasteiger partial charge in [-0.15, -0.1) is 0 Å². The van der Waals surface area contributed by atoms with E-state index in [9.17, 15) is 9.59 Å². The molecule has 2 N–H and O–H groups in total. The van der Waals surface area contributed by atoms with Crippen molar-refractivity contribution >= 4 is 34.8 Å². The standard InChI is InChI=1S/C18H19ClN2O3/c1-10-5-6-13(7-11(10)2)20-17(22)18(23)21-15-8-12(3)14(19)9-16(15)24-4/h5-9H,1-4H3,(H,20,22)(H,21,23). The molecular weight excluding hydrogens is 328 g/mol. The molecule has 0 saturated heterocycles. The molecular formula is C18H19ClN2O3. The summed E-state index contributed by atoms with van der Waals surface area (Å²) >= 11 is 6.03. The SMILES string of the molecule is COc1cc(Cl)c(C)cc1NC(=O)C(=O)Nc1ccc(C)c(C)c1. The number of amides is 2. The number of benzene rings is 2. The highest BCUT2D eigenvalue weighted by atomic mass is 35.5. The van der Waals surface area contributed by atoms with Gasteiger partial charge in [0.1, 0.15) is 5.75 Å². The number of methoxy groups -OCH3 is 1. The molecule has 2 rings (SSSR count). The monoisotopic (exact) mass is 346 g/mol. The Morgan fingerprint density at radius 1 is 0.917 bits per heavy atom. The molecule has 24 heavy (non-hydrogen) atoms. The van der Waals surface area contributed by atoms with Crippen LogP contribution in [-0.2, 0) is 9.59 Å². The van der Waals surface area contributed by atoms with E-state index in [0.717, 1.165) is 16.7 Å². The molecule has 5 nitrogen and oxygen atoms in total. The fourth-order valence-corrected chi connectivity index (χ4v) is 2.27. The maximum atomic E-state index is 12.1. The Morgan fingerprint density at radius 2 is 1.58 bits per heavy atom. The first-order valence-corrected chi connectivity index (χ1v) is 7.73. The van der Waals surface area contributed by atoms with Gasteiger partial charge in [-0.25, -0.2) is 0 Å². The number of carbonyl (C=O) groups excluding carboxylic acids is 2. The molecule has 0 aliphatic heterocycles. The lowest BCUT2D eigenvalue weighted by Gasteiger charge is -2.12. The summed E-state index contributed by atoms with van der Waals surface area (Å²) in [5.41, 5.74) is 3.86. The predicted molar refractivity (Wildman–Crippen MR) is 95.9 cm³/mol. The van der Waals surface area contributed by atoms with Gasteiger partial charge in [0.2, 0.25) is 0 Å². The van der Waals surface area contributed by atoms with E-state index >= 15 is 0 Å². The van der Waals surface area contributed by atoms with Crippen molar-refractivity contribution < 1.29 is 14.3 Å². The lowest BCUT2D eigenvalue weighted by atomic mass is 10.1. The van der Waals surface area contributed by atoms with Crippen LogP contribution in [0.4, 0.5) is 11.4 Å². The van der Waals surface area contributed by atoms with Gasteiger partial charge in [0.25, 0.3) is 0 Å². The zero-order valence-corrected chi connectivity index (χ0v) is 14.7. The van der Waals surface area contributed by atoms with Gasteiger partial charge in [-0.3, -0.25) is 9.59 Å². The van der Waals surface area contributed by atoms with E-state index in [0.29, 0.717) is 22.1 Å². The third kappa shape index (κ3) is 4.06. The molecule has 6 heteroatoms. The van der Waals surface area contributed by atoms with Crippen molar-refractivity contribution in [1.29, 1.82) is 0 Å². The number of hydrogen-bond donors (Lipinski definition) is 2. The first-order valence-electron chi connectivity index (χ1n) is 7.35. The van der Waals surface area contributed by atoms with Gasteiger partial charge in [-0.05, 0) is 55.7 Å². The smallest absolute Gasteiger partial charge is 0.314 e. The second-order valence-corrected chi connectivity index (χ2v) is 5.92. The summed E-state index contributed by atoms with van der Waals surface area (Å²) < 4.78 is 5.18. The summed E-state index contributed by atoms with van der Waals surface area (Å²) in [6, 6.07) is 8.69. The molecule has 0 fully saturated rings. The highest BCUT2D eigenvalue weighted by Gasteiger charge is 2.17. The molecule has 0 aliphatic carbocycles. The Bertz CT molecular complexity index is 803. The minimum atomic E-state index is -0.784. The largest absolute Gasteiger partial charge is 0.495 e. The average molecular weight is 347 g/mol. The maximum absolute atomic E-state index is 12.1. The van der Waals surface area contributed by atoms with Gasteiger partial charge in [-0.1, -0.05) is 17.7 Å². The van der Waals surface area contributed by atoms with Crippen molar-refractivity contribution in [2.45, 2.75) is 20.8 Å². The molecule has 0 heterocycles. The summed E-state index contributed by atoms with van der Waals surface area (Å²) in [5.74, 6) is -1.15. The number of ether oxygens (including phenoxy) is 1. The molecule has 0 saturated carbocycles. The molecule has 2 aromatic rings. The lowest BCUT2D eigenvalue weighted by Crippen LogP contribution is -2.29. The first kappa shape index (κ1) is 17.8. The first-order chi connectivity index (χ1) is 11.3. The highest BCUT2D eigenvalue weighted by molar-refractivity contribution is 6.43. The number of carbonyl (C=O) groups is 2. The normalized spacial score (nSPS) is 10.2. The topological polar surface area (TPSA) is 67.4 Å². The second kappa shape index (κ2) is 7.36. The third-order valence-electron chi connectivity index (χ3n) is 3.70. The van der Waals surface area contributed by atoms with Gasteiger partial charge in [0, 0.05) is 16.8 Å². The van der Waals surface area contributed by atoms with Crippen LogP contribution in [0.1, 0.15) is 16.7 Å². The van der Waals surface area contributed by atoms with E-state index in [-0.39, 0.29) is 0 Å². The Labute approximate surface area is 146 Å². The van der Waals surface area contributed by atoms with Crippen molar-refractivity contribution in [1.82, 2.24) is 0 Å². The van der Waals surface area contributed by atoms with Crippen LogP contribution in [0.5, 0.6) is 5.75 Å². The maximum Gasteiger partial charge on any atom is 0.314 e. The van der Waals surface area contributed by atoms with Crippen LogP contribution in [0.3, 0.4) is 0 Å². The fraction of sp³-hybridized carbons (Fsp3) is 0.222. The van der Waals surface area contributed by atoms with Crippen LogP contribution < -0.4 is 15.4 Å². The number of hydrogen-bond acceptors (Lipinski definition) is 3. The van der Waals surface area contributed by atoms with Crippen molar-refractivity contribution in [3.63, 3.8) is 0 Å². The fourth-order valence-electron chi connectivity index (χ4n) is 2.12. The molecule has 2 aromatic carbocycles. The average Bonchev–Trinajstić information content (AvgIpc) is 2.54. The van der Waals surface area contributed by atoms with Crippen LogP contribution in [-0.4, -0.2) is 18.9 Å². The summed E-state index contributed by atoms with van der Waals surface area (Å²) in [4.78, 5) is 24.2. The molecule has 0 aliphatic rings. The Kier molecular flexibility index (Phi) is 5.46. The zero-order valence-electron chi connectivity index (χ0n) is 14.0. The van der Waals surface area contributed by atoms with Crippen molar-refractivity contribution in [2.75, 3.05) is 17.7 Å². The van der Waals surface area contributed by atoms with Crippen molar-refractivity contribution in [3.05, 3.63) is 52.0 Å². The van der Waals surface area contributed by atoms with Crippen molar-refractivity contribution in [2.24, 2.45) is 0 Å². The Hall–Kier alpha value is -2.53. The third-order valence-corrected chi connectivity index (χ3v) is 4.11. The van der Waals surface area contributed by atoms with Gasteiger partial charge in [-0.2, -0.15) is 0 Å². The molecule has 0 unspecified atom stereocenters. The van der Waals surface area contributed by atoms with Gasteiger partial charge >= 0.3 is 11.8 Å². The van der Waals surface area contributed by atoms with Crippen LogP contribution in [0.2, 0.25) is 5.02 Å². The van der Waals surface area contributed by atoms with Crippen LogP contribution >= 0.6 is 11.6 Å².